The smallest absolute Gasteiger partial charge is 0.335 e. The molecule has 1 aromatic carbocycles. The highest BCUT2D eigenvalue weighted by Gasteiger charge is 2.31. The summed E-state index contributed by atoms with van der Waals surface area (Å²) < 4.78 is 13.7. The van der Waals surface area contributed by atoms with Crippen LogP contribution in [-0.2, 0) is 4.79 Å². The quantitative estimate of drug-likeness (QED) is 0.823. The predicted molar refractivity (Wildman–Crippen MR) is 67.7 cm³/mol. The van der Waals surface area contributed by atoms with Crippen LogP contribution in [0.2, 0.25) is 0 Å². The number of benzene rings is 1. The molecule has 1 aliphatic rings. The van der Waals surface area contributed by atoms with Crippen molar-refractivity contribution in [3.63, 3.8) is 0 Å². The summed E-state index contributed by atoms with van der Waals surface area (Å²) in [5, 5.41) is 8.87. The molecule has 0 aromatic heterocycles. The van der Waals surface area contributed by atoms with Gasteiger partial charge in [-0.15, -0.1) is 0 Å². The van der Waals surface area contributed by atoms with E-state index in [2.05, 4.69) is 12.6 Å². The average molecular weight is 269 g/mol. The predicted octanol–water partition coefficient (Wildman–Crippen LogP) is 1.81. The van der Waals surface area contributed by atoms with E-state index in [-0.39, 0.29) is 23.1 Å². The van der Waals surface area contributed by atoms with E-state index in [1.54, 1.807) is 0 Å². The molecule has 0 bridgehead atoms. The van der Waals surface area contributed by atoms with Crippen LogP contribution in [-0.4, -0.2) is 29.3 Å². The topological polar surface area (TPSA) is 57.6 Å². The number of carbonyl (C=O) groups is 2. The van der Waals surface area contributed by atoms with Crippen molar-refractivity contribution in [2.45, 2.75) is 6.42 Å². The summed E-state index contributed by atoms with van der Waals surface area (Å²) in [7, 11) is 0. The van der Waals surface area contributed by atoms with Crippen molar-refractivity contribution in [1.82, 2.24) is 0 Å². The minimum atomic E-state index is -1.14. The molecule has 0 spiro atoms. The van der Waals surface area contributed by atoms with Crippen LogP contribution in [0.25, 0.3) is 0 Å². The SMILES string of the molecule is O=C(O)c1ccc(F)c(N2CC(CS)CC2=O)c1. The second-order valence-electron chi connectivity index (χ2n) is 4.23. The molecule has 4 nitrogen and oxygen atoms in total. The number of anilines is 1. The van der Waals surface area contributed by atoms with E-state index in [0.717, 1.165) is 6.07 Å². The van der Waals surface area contributed by atoms with E-state index in [1.165, 1.54) is 17.0 Å². The first-order valence-electron chi connectivity index (χ1n) is 5.47. The Kier molecular flexibility index (Phi) is 3.56. The molecule has 0 radical (unpaired) electrons. The molecular weight excluding hydrogens is 257 g/mol. The van der Waals surface area contributed by atoms with Gasteiger partial charge >= 0.3 is 5.97 Å². The van der Waals surface area contributed by atoms with Crippen LogP contribution in [0.4, 0.5) is 10.1 Å². The maximum Gasteiger partial charge on any atom is 0.335 e. The minimum absolute atomic E-state index is 0.0317. The number of amides is 1. The van der Waals surface area contributed by atoms with Gasteiger partial charge in [0.15, 0.2) is 0 Å². The van der Waals surface area contributed by atoms with E-state index in [9.17, 15) is 14.0 Å². The maximum absolute atomic E-state index is 13.7. The third kappa shape index (κ3) is 2.33. The lowest BCUT2D eigenvalue weighted by Crippen LogP contribution is -2.26. The molecule has 0 saturated carbocycles. The summed E-state index contributed by atoms with van der Waals surface area (Å²) in [6, 6.07) is 3.44. The van der Waals surface area contributed by atoms with Gasteiger partial charge in [-0.3, -0.25) is 4.79 Å². The molecule has 18 heavy (non-hydrogen) atoms. The normalized spacial score (nSPS) is 19.3. The Bertz CT molecular complexity index is 506. The summed E-state index contributed by atoms with van der Waals surface area (Å²) in [4.78, 5) is 23.9. The summed E-state index contributed by atoms with van der Waals surface area (Å²) in [5.74, 6) is -1.31. The fraction of sp³-hybridized carbons (Fsp3) is 0.333. The number of thiol groups is 1. The van der Waals surface area contributed by atoms with Crippen LogP contribution < -0.4 is 4.90 Å². The number of hydrogen-bond acceptors (Lipinski definition) is 3. The number of carboxylic acid groups (broad SMARTS) is 1. The van der Waals surface area contributed by atoms with Gasteiger partial charge in [-0.1, -0.05) is 0 Å². The molecule has 1 unspecified atom stereocenters. The highest BCUT2D eigenvalue weighted by Crippen LogP contribution is 2.28. The van der Waals surface area contributed by atoms with Crippen LogP contribution in [0.3, 0.4) is 0 Å². The lowest BCUT2D eigenvalue weighted by atomic mass is 10.1. The molecular formula is C12H12FNO3S. The number of rotatable bonds is 3. The van der Waals surface area contributed by atoms with Crippen LogP contribution >= 0.6 is 12.6 Å². The zero-order chi connectivity index (χ0) is 13.3. The van der Waals surface area contributed by atoms with Gasteiger partial charge in [0.1, 0.15) is 5.82 Å². The molecule has 0 aliphatic carbocycles. The van der Waals surface area contributed by atoms with Gasteiger partial charge in [-0.2, -0.15) is 12.6 Å². The van der Waals surface area contributed by atoms with Crippen LogP contribution in [0.1, 0.15) is 16.8 Å². The van der Waals surface area contributed by atoms with Crippen molar-refractivity contribution < 1.29 is 19.1 Å². The second-order valence-corrected chi connectivity index (χ2v) is 4.59. The van der Waals surface area contributed by atoms with Gasteiger partial charge in [0.2, 0.25) is 5.91 Å². The van der Waals surface area contributed by atoms with Crippen LogP contribution in [0, 0.1) is 11.7 Å². The molecule has 1 fully saturated rings. The third-order valence-electron chi connectivity index (χ3n) is 2.95. The van der Waals surface area contributed by atoms with E-state index >= 15 is 0 Å². The number of hydrogen-bond donors (Lipinski definition) is 2. The Hall–Kier alpha value is -1.56. The Morgan fingerprint density at radius 1 is 1.56 bits per heavy atom. The van der Waals surface area contributed by atoms with Gasteiger partial charge in [0, 0.05) is 13.0 Å². The highest BCUT2D eigenvalue weighted by atomic mass is 32.1. The zero-order valence-electron chi connectivity index (χ0n) is 9.47. The summed E-state index contributed by atoms with van der Waals surface area (Å²) in [5.41, 5.74) is -0.00212. The van der Waals surface area contributed by atoms with Crippen molar-refractivity contribution in [3.05, 3.63) is 29.6 Å². The molecule has 2 rings (SSSR count). The van der Waals surface area contributed by atoms with Gasteiger partial charge in [-0.05, 0) is 29.9 Å². The van der Waals surface area contributed by atoms with Gasteiger partial charge in [0.25, 0.3) is 0 Å². The number of halogens is 1. The van der Waals surface area contributed by atoms with Gasteiger partial charge < -0.3 is 10.0 Å². The fourth-order valence-electron chi connectivity index (χ4n) is 1.99. The zero-order valence-corrected chi connectivity index (χ0v) is 10.4. The van der Waals surface area contributed by atoms with Crippen molar-refractivity contribution in [1.29, 1.82) is 0 Å². The number of carbonyl (C=O) groups excluding carboxylic acids is 1. The number of nitrogens with zero attached hydrogens (tertiary/aromatic N) is 1. The Balaban J connectivity index is 2.35. The minimum Gasteiger partial charge on any atom is -0.478 e. The molecule has 1 heterocycles. The summed E-state index contributed by atoms with van der Waals surface area (Å²) >= 11 is 4.12. The average Bonchev–Trinajstić information content (AvgIpc) is 2.71. The number of carboxylic acids is 1. The lowest BCUT2D eigenvalue weighted by molar-refractivity contribution is -0.117. The molecule has 1 atom stereocenters. The van der Waals surface area contributed by atoms with Gasteiger partial charge in [-0.25, -0.2) is 9.18 Å². The largest absolute Gasteiger partial charge is 0.478 e. The van der Waals surface area contributed by atoms with Crippen molar-refractivity contribution >= 4 is 30.2 Å². The van der Waals surface area contributed by atoms with E-state index in [0.29, 0.717) is 18.7 Å². The molecule has 1 amide bonds. The third-order valence-corrected chi connectivity index (χ3v) is 3.46. The van der Waals surface area contributed by atoms with E-state index < -0.39 is 11.8 Å². The van der Waals surface area contributed by atoms with E-state index in [1.807, 2.05) is 0 Å². The van der Waals surface area contributed by atoms with Crippen molar-refractivity contribution in [2.24, 2.45) is 5.92 Å². The Labute approximate surface area is 109 Å². The first kappa shape index (κ1) is 12.9. The van der Waals surface area contributed by atoms with Crippen LogP contribution in [0.5, 0.6) is 0 Å². The Morgan fingerprint density at radius 3 is 2.83 bits per heavy atom. The second kappa shape index (κ2) is 4.97. The maximum atomic E-state index is 13.7. The van der Waals surface area contributed by atoms with Gasteiger partial charge in [0.05, 0.1) is 11.3 Å². The standard InChI is InChI=1S/C12H12FNO3S/c13-9-2-1-8(12(16)17)4-10(9)14-5-7(6-18)3-11(14)15/h1-2,4,7,18H,3,5-6H2,(H,16,17). The molecule has 1 aromatic rings. The van der Waals surface area contributed by atoms with Crippen LogP contribution in [0.15, 0.2) is 18.2 Å². The van der Waals surface area contributed by atoms with Crippen molar-refractivity contribution in [2.75, 3.05) is 17.2 Å². The monoisotopic (exact) mass is 269 g/mol. The highest BCUT2D eigenvalue weighted by molar-refractivity contribution is 7.80. The summed E-state index contributed by atoms with van der Waals surface area (Å²) in [6.45, 7) is 0.377. The lowest BCUT2D eigenvalue weighted by Gasteiger charge is -2.17. The molecule has 1 N–H and O–H groups in total. The Morgan fingerprint density at radius 2 is 2.28 bits per heavy atom. The molecule has 1 aliphatic heterocycles. The number of aromatic carboxylic acids is 1. The first-order valence-corrected chi connectivity index (χ1v) is 6.10. The first-order chi connectivity index (χ1) is 8.52. The van der Waals surface area contributed by atoms with E-state index in [4.69, 9.17) is 5.11 Å². The molecule has 6 heteroatoms. The van der Waals surface area contributed by atoms with Crippen molar-refractivity contribution in [3.8, 4) is 0 Å². The fourth-order valence-corrected chi connectivity index (χ4v) is 2.23. The molecule has 96 valence electrons. The summed E-state index contributed by atoms with van der Waals surface area (Å²) in [6.07, 6.45) is 0.320. The molecule has 1 saturated heterocycles.